The number of anilines is 2. The van der Waals surface area contributed by atoms with Crippen molar-refractivity contribution in [2.75, 3.05) is 10.6 Å². The van der Waals surface area contributed by atoms with E-state index in [1.54, 1.807) is 6.08 Å². The molecule has 176 valence electrons. The van der Waals surface area contributed by atoms with E-state index in [0.29, 0.717) is 0 Å². The number of aromatic amines is 1. The zero-order chi connectivity index (χ0) is 24.8. The maximum absolute atomic E-state index is 13.4. The molecule has 7 heteroatoms. The Morgan fingerprint density at radius 1 is 0.914 bits per heavy atom. The molecule has 3 N–H and O–H groups in total. The lowest BCUT2D eigenvalue weighted by atomic mass is 10.1. The Kier molecular flexibility index (Phi) is 7.07. The number of hydrogen-bond donors (Lipinski definition) is 2. The molecule has 0 saturated heterocycles. The number of aryl methyl sites for hydroxylation is 1. The van der Waals surface area contributed by atoms with Crippen LogP contribution in [0.15, 0.2) is 101 Å². The van der Waals surface area contributed by atoms with Gasteiger partial charge in [-0.05, 0) is 35.3 Å². The van der Waals surface area contributed by atoms with Gasteiger partial charge in [0.15, 0.2) is 5.69 Å². The van der Waals surface area contributed by atoms with E-state index in [2.05, 4.69) is 4.98 Å². The first-order chi connectivity index (χ1) is 16.9. The first-order valence-electron chi connectivity index (χ1n) is 11.2. The molecule has 1 aromatic heterocycles. The summed E-state index contributed by atoms with van der Waals surface area (Å²) in [7, 11) is 0. The third-order valence-electron chi connectivity index (χ3n) is 5.71. The van der Waals surface area contributed by atoms with Crippen LogP contribution in [-0.4, -0.2) is 15.5 Å². The predicted molar refractivity (Wildman–Crippen MR) is 139 cm³/mol. The average Bonchev–Trinajstić information content (AvgIpc) is 2.86. The number of carbonyl (C=O) groups excluding carboxylic acids is 1. The molecule has 1 amide bonds. The first-order valence-corrected chi connectivity index (χ1v) is 11.2. The molecule has 35 heavy (non-hydrogen) atoms. The summed E-state index contributed by atoms with van der Waals surface area (Å²) in [4.78, 5) is 42.7. The number of H-pyrrole nitrogens is 1. The largest absolute Gasteiger partial charge is 0.383 e. The Balaban J connectivity index is 1.79. The zero-order valence-electron chi connectivity index (χ0n) is 19.3. The van der Waals surface area contributed by atoms with Crippen LogP contribution in [0.1, 0.15) is 22.3 Å². The molecule has 1 heterocycles. The summed E-state index contributed by atoms with van der Waals surface area (Å²) in [6, 6.07) is 26.2. The molecule has 0 fully saturated rings. The number of hydrogen-bond acceptors (Lipinski definition) is 4. The minimum absolute atomic E-state index is 0.0659. The Bertz CT molecular complexity index is 1470. The van der Waals surface area contributed by atoms with Crippen LogP contribution in [0.3, 0.4) is 0 Å². The van der Waals surface area contributed by atoms with Crippen molar-refractivity contribution in [2.24, 2.45) is 0 Å². The summed E-state index contributed by atoms with van der Waals surface area (Å²) in [5.74, 6) is -0.504. The van der Waals surface area contributed by atoms with Gasteiger partial charge in [-0.1, -0.05) is 84.9 Å². The quantitative estimate of drug-likeness (QED) is 0.405. The Morgan fingerprint density at radius 3 is 2.17 bits per heavy atom. The molecular formula is C28H26N4O3. The topological polar surface area (TPSA) is 101 Å². The zero-order valence-corrected chi connectivity index (χ0v) is 19.3. The normalized spacial score (nSPS) is 11.0. The molecule has 4 rings (SSSR count). The number of benzene rings is 3. The maximum Gasteiger partial charge on any atom is 0.330 e. The molecule has 4 aromatic rings. The molecule has 0 aliphatic carbocycles. The summed E-state index contributed by atoms with van der Waals surface area (Å²) < 4.78 is 1.27. The Hall–Kier alpha value is -4.65. The number of nitrogen functional groups attached to an aromatic ring is 1. The third-order valence-corrected chi connectivity index (χ3v) is 5.71. The number of carbonyl (C=O) groups is 1. The molecule has 0 saturated carbocycles. The van der Waals surface area contributed by atoms with Gasteiger partial charge in [0, 0.05) is 6.08 Å². The molecule has 7 nitrogen and oxygen atoms in total. The van der Waals surface area contributed by atoms with Crippen molar-refractivity contribution in [3.63, 3.8) is 0 Å². The summed E-state index contributed by atoms with van der Waals surface area (Å²) in [6.07, 6.45) is 3.12. The average molecular weight is 467 g/mol. The van der Waals surface area contributed by atoms with Gasteiger partial charge in [0.2, 0.25) is 0 Å². The van der Waals surface area contributed by atoms with E-state index in [1.807, 2.05) is 91.9 Å². The lowest BCUT2D eigenvalue weighted by Gasteiger charge is -2.23. The fraction of sp³-hybridized carbons (Fsp3) is 0.107. The second-order valence-corrected chi connectivity index (χ2v) is 8.16. The highest BCUT2D eigenvalue weighted by molar-refractivity contribution is 6.05. The number of amides is 1. The standard InChI is InChI=1S/C28H26N4O3/c1-20-10-8-9-15-23(20)16-17-24(33)31(18-21-11-4-2-5-12-21)25-26(29)32(28(35)30-27(25)34)19-22-13-6-3-7-14-22/h2-17H,18-19,29H2,1H3,(H,30,34,35)/b17-16+. The number of aromatic nitrogens is 2. The SMILES string of the molecule is Cc1ccccc1/C=C/C(=O)N(Cc1ccccc1)c1c(N)n(Cc2ccccc2)c(=O)[nH]c1=O. The summed E-state index contributed by atoms with van der Waals surface area (Å²) in [5, 5.41) is 0. The van der Waals surface area contributed by atoms with Gasteiger partial charge in [-0.3, -0.25) is 24.0 Å². The van der Waals surface area contributed by atoms with Crippen LogP contribution in [-0.2, 0) is 17.9 Å². The lowest BCUT2D eigenvalue weighted by molar-refractivity contribution is -0.114. The van der Waals surface area contributed by atoms with Crippen LogP contribution in [0.25, 0.3) is 6.08 Å². The Morgan fingerprint density at radius 2 is 1.51 bits per heavy atom. The van der Waals surface area contributed by atoms with E-state index in [1.165, 1.54) is 15.5 Å². The molecule has 0 bridgehead atoms. The second-order valence-electron chi connectivity index (χ2n) is 8.16. The molecular weight excluding hydrogens is 440 g/mol. The van der Waals surface area contributed by atoms with Crippen molar-refractivity contribution in [3.05, 3.63) is 134 Å². The maximum atomic E-state index is 13.4. The highest BCUT2D eigenvalue weighted by atomic mass is 16.2. The van der Waals surface area contributed by atoms with Crippen LogP contribution in [0.4, 0.5) is 11.5 Å². The number of rotatable bonds is 7. The molecule has 3 aromatic carbocycles. The number of nitrogens with one attached hydrogen (secondary N) is 1. The van der Waals surface area contributed by atoms with Gasteiger partial charge in [-0.15, -0.1) is 0 Å². The second kappa shape index (κ2) is 10.5. The van der Waals surface area contributed by atoms with Gasteiger partial charge in [0.25, 0.3) is 11.5 Å². The minimum atomic E-state index is -0.717. The van der Waals surface area contributed by atoms with Gasteiger partial charge >= 0.3 is 5.69 Å². The van der Waals surface area contributed by atoms with Crippen LogP contribution < -0.4 is 21.9 Å². The fourth-order valence-electron chi connectivity index (χ4n) is 3.82. The molecule has 0 atom stereocenters. The van der Waals surface area contributed by atoms with E-state index < -0.39 is 17.2 Å². The summed E-state index contributed by atoms with van der Waals surface area (Å²) >= 11 is 0. The van der Waals surface area contributed by atoms with Crippen LogP contribution >= 0.6 is 0 Å². The molecule has 0 unspecified atom stereocenters. The van der Waals surface area contributed by atoms with Crippen molar-refractivity contribution < 1.29 is 4.79 Å². The molecule has 0 aliphatic heterocycles. The van der Waals surface area contributed by atoms with Crippen LogP contribution in [0.2, 0.25) is 0 Å². The van der Waals surface area contributed by atoms with Crippen molar-refractivity contribution in [1.82, 2.24) is 9.55 Å². The van der Waals surface area contributed by atoms with Gasteiger partial charge < -0.3 is 5.73 Å². The van der Waals surface area contributed by atoms with Crippen LogP contribution in [0, 0.1) is 6.92 Å². The van der Waals surface area contributed by atoms with Crippen molar-refractivity contribution in [1.29, 1.82) is 0 Å². The van der Waals surface area contributed by atoms with E-state index in [0.717, 1.165) is 22.3 Å². The number of nitrogens with zero attached hydrogens (tertiary/aromatic N) is 2. The predicted octanol–water partition coefficient (Wildman–Crippen LogP) is 3.72. The smallest absolute Gasteiger partial charge is 0.330 e. The molecule has 0 aliphatic rings. The van der Waals surface area contributed by atoms with E-state index >= 15 is 0 Å². The highest BCUT2D eigenvalue weighted by Crippen LogP contribution is 2.21. The van der Waals surface area contributed by atoms with Gasteiger partial charge in [-0.25, -0.2) is 4.79 Å². The van der Waals surface area contributed by atoms with E-state index in [-0.39, 0.29) is 24.6 Å². The first kappa shape index (κ1) is 23.5. The van der Waals surface area contributed by atoms with E-state index in [4.69, 9.17) is 5.73 Å². The van der Waals surface area contributed by atoms with Gasteiger partial charge in [0.1, 0.15) is 5.82 Å². The molecule has 0 spiro atoms. The van der Waals surface area contributed by atoms with Crippen molar-refractivity contribution >= 4 is 23.5 Å². The summed E-state index contributed by atoms with van der Waals surface area (Å²) in [6.45, 7) is 2.21. The summed E-state index contributed by atoms with van der Waals surface area (Å²) in [5.41, 5.74) is 8.50. The monoisotopic (exact) mass is 466 g/mol. The van der Waals surface area contributed by atoms with Crippen molar-refractivity contribution in [3.8, 4) is 0 Å². The molecule has 0 radical (unpaired) electrons. The highest BCUT2D eigenvalue weighted by Gasteiger charge is 2.23. The van der Waals surface area contributed by atoms with Crippen LogP contribution in [0.5, 0.6) is 0 Å². The Labute approximate surface area is 202 Å². The van der Waals surface area contributed by atoms with Crippen molar-refractivity contribution in [2.45, 2.75) is 20.0 Å². The van der Waals surface area contributed by atoms with Gasteiger partial charge in [0.05, 0.1) is 13.1 Å². The fourth-order valence-corrected chi connectivity index (χ4v) is 3.82. The minimum Gasteiger partial charge on any atom is -0.383 e. The lowest BCUT2D eigenvalue weighted by Crippen LogP contribution is -2.40. The number of nitrogens with two attached hydrogens (primary N) is 1. The van der Waals surface area contributed by atoms with Gasteiger partial charge in [-0.2, -0.15) is 0 Å². The third kappa shape index (κ3) is 5.47. The van der Waals surface area contributed by atoms with E-state index in [9.17, 15) is 14.4 Å².